The molecule has 0 saturated carbocycles. The van der Waals surface area contributed by atoms with Crippen LogP contribution in [0.15, 0.2) is 48.5 Å². The number of hydrogen-bond donors (Lipinski definition) is 3. The Morgan fingerprint density at radius 2 is 1.19 bits per heavy atom. The Balaban J connectivity index is 2.54. The lowest BCUT2D eigenvalue weighted by Crippen LogP contribution is -2.18. The van der Waals surface area contributed by atoms with E-state index in [0.29, 0.717) is 0 Å². The minimum absolute atomic E-state index is 0.0649. The average molecular weight is 306 g/mol. The Morgan fingerprint density at radius 1 is 0.810 bits per heavy atom. The number of rotatable bonds is 4. The van der Waals surface area contributed by atoms with Crippen LogP contribution in [0.2, 0.25) is 0 Å². The molecule has 3 N–H and O–H groups in total. The lowest BCUT2D eigenvalue weighted by Gasteiger charge is -2.13. The maximum Gasteiger partial charge on any atom is 0.335 e. The lowest BCUT2D eigenvalue weighted by molar-refractivity contribution is 0.0686. The summed E-state index contributed by atoms with van der Waals surface area (Å²) in [7, 11) is -4.06. The van der Waals surface area contributed by atoms with Crippen LogP contribution in [-0.4, -0.2) is 27.0 Å². The third kappa shape index (κ3) is 3.02. The fourth-order valence-corrected chi connectivity index (χ4v) is 3.31. The Kier molecular flexibility index (Phi) is 3.93. The Labute approximate surface area is 119 Å². The molecule has 0 bridgehead atoms. The smallest absolute Gasteiger partial charge is 0.335 e. The van der Waals surface area contributed by atoms with Crippen LogP contribution < -0.4 is 10.6 Å². The highest BCUT2D eigenvalue weighted by atomic mass is 31.2. The zero-order valence-electron chi connectivity index (χ0n) is 10.6. The van der Waals surface area contributed by atoms with E-state index in [2.05, 4.69) is 0 Å². The van der Waals surface area contributed by atoms with Gasteiger partial charge in [0.15, 0.2) is 0 Å². The summed E-state index contributed by atoms with van der Waals surface area (Å²) in [5, 5.41) is 17.7. The van der Waals surface area contributed by atoms with E-state index < -0.39 is 19.3 Å². The first-order valence-corrected chi connectivity index (χ1v) is 7.49. The first-order chi connectivity index (χ1) is 9.82. The van der Waals surface area contributed by atoms with Crippen molar-refractivity contribution >= 4 is 29.9 Å². The van der Waals surface area contributed by atoms with Crippen molar-refractivity contribution in [3.8, 4) is 0 Å². The van der Waals surface area contributed by atoms with Crippen LogP contribution in [0.25, 0.3) is 0 Å². The number of carboxylic acid groups (broad SMARTS) is 2. The first kappa shape index (κ1) is 15.0. The van der Waals surface area contributed by atoms with E-state index in [1.807, 2.05) is 0 Å². The summed E-state index contributed by atoms with van der Waals surface area (Å²) in [4.78, 5) is 32.1. The summed E-state index contributed by atoms with van der Waals surface area (Å²) >= 11 is 0. The van der Waals surface area contributed by atoms with Gasteiger partial charge in [0.1, 0.15) is 0 Å². The molecule has 0 aliphatic carbocycles. The van der Waals surface area contributed by atoms with Gasteiger partial charge in [0.05, 0.1) is 11.1 Å². The topological polar surface area (TPSA) is 112 Å². The molecule has 7 heteroatoms. The molecule has 21 heavy (non-hydrogen) atoms. The number of hydrogen-bond acceptors (Lipinski definition) is 3. The Bertz CT molecular complexity index is 706. The summed E-state index contributed by atoms with van der Waals surface area (Å²) in [6, 6.07) is 10.2. The van der Waals surface area contributed by atoms with Gasteiger partial charge in [0.2, 0.25) is 0 Å². The lowest BCUT2D eigenvalue weighted by atomic mass is 10.2. The van der Waals surface area contributed by atoms with Crippen molar-refractivity contribution in [3.05, 3.63) is 59.7 Å². The molecule has 6 nitrogen and oxygen atoms in total. The summed E-state index contributed by atoms with van der Waals surface area (Å²) < 4.78 is 12.5. The number of benzene rings is 2. The Hall–Kier alpha value is -2.43. The number of aromatic carboxylic acids is 2. The maximum absolute atomic E-state index is 12.5. The van der Waals surface area contributed by atoms with Crippen LogP contribution in [-0.2, 0) is 4.57 Å². The van der Waals surface area contributed by atoms with Gasteiger partial charge in [-0.1, -0.05) is 12.1 Å². The molecule has 2 aromatic rings. The van der Waals surface area contributed by atoms with E-state index in [1.54, 1.807) is 0 Å². The quantitative estimate of drug-likeness (QED) is 0.734. The third-order valence-corrected chi connectivity index (χ3v) is 4.84. The molecule has 0 aliphatic heterocycles. The summed E-state index contributed by atoms with van der Waals surface area (Å²) in [6.07, 6.45) is 0. The van der Waals surface area contributed by atoms with Crippen molar-refractivity contribution in [1.82, 2.24) is 0 Å². The van der Waals surface area contributed by atoms with Crippen LogP contribution in [0.1, 0.15) is 20.7 Å². The van der Waals surface area contributed by atoms with E-state index in [4.69, 9.17) is 10.2 Å². The van der Waals surface area contributed by atoms with Gasteiger partial charge in [-0.15, -0.1) is 0 Å². The van der Waals surface area contributed by atoms with E-state index >= 15 is 0 Å². The fraction of sp³-hybridized carbons (Fsp3) is 0. The molecule has 2 aromatic carbocycles. The van der Waals surface area contributed by atoms with Crippen molar-refractivity contribution in [2.75, 3.05) is 0 Å². The number of carboxylic acids is 2. The van der Waals surface area contributed by atoms with Crippen LogP contribution in [0.3, 0.4) is 0 Å². The largest absolute Gasteiger partial charge is 0.478 e. The summed E-state index contributed by atoms with van der Waals surface area (Å²) in [5.74, 6) is -2.42. The summed E-state index contributed by atoms with van der Waals surface area (Å²) in [6.45, 7) is 0. The Morgan fingerprint density at radius 3 is 1.52 bits per heavy atom. The van der Waals surface area contributed by atoms with E-state index in [9.17, 15) is 19.0 Å². The SMILES string of the molecule is O=C(O)c1cccc(P(=O)(O)c2cccc(C(=O)O)c2)c1. The first-order valence-electron chi connectivity index (χ1n) is 5.83. The molecular formula is C14H11O6P. The van der Waals surface area contributed by atoms with Gasteiger partial charge >= 0.3 is 11.9 Å². The molecule has 0 radical (unpaired) electrons. The molecule has 0 heterocycles. The molecule has 0 spiro atoms. The van der Waals surface area contributed by atoms with E-state index in [-0.39, 0.29) is 21.7 Å². The van der Waals surface area contributed by atoms with Crippen LogP contribution in [0.5, 0.6) is 0 Å². The highest BCUT2D eigenvalue weighted by molar-refractivity contribution is 7.73. The van der Waals surface area contributed by atoms with Crippen molar-refractivity contribution in [3.63, 3.8) is 0 Å². The zero-order valence-corrected chi connectivity index (χ0v) is 11.5. The van der Waals surface area contributed by atoms with Crippen LogP contribution in [0, 0.1) is 0 Å². The fourth-order valence-electron chi connectivity index (χ4n) is 1.80. The van der Waals surface area contributed by atoms with Crippen LogP contribution >= 0.6 is 7.37 Å². The van der Waals surface area contributed by atoms with Gasteiger partial charge in [-0.2, -0.15) is 0 Å². The van der Waals surface area contributed by atoms with Crippen molar-refractivity contribution < 1.29 is 29.3 Å². The second kappa shape index (κ2) is 5.52. The van der Waals surface area contributed by atoms with Crippen molar-refractivity contribution in [2.45, 2.75) is 0 Å². The van der Waals surface area contributed by atoms with Gasteiger partial charge in [-0.05, 0) is 36.4 Å². The monoisotopic (exact) mass is 306 g/mol. The highest BCUT2D eigenvalue weighted by Crippen LogP contribution is 2.38. The molecule has 2 rings (SSSR count). The molecule has 0 amide bonds. The third-order valence-electron chi connectivity index (χ3n) is 2.89. The predicted molar refractivity (Wildman–Crippen MR) is 75.9 cm³/mol. The molecule has 0 aromatic heterocycles. The van der Waals surface area contributed by atoms with Crippen molar-refractivity contribution in [1.29, 1.82) is 0 Å². The van der Waals surface area contributed by atoms with Gasteiger partial charge in [0, 0.05) is 10.6 Å². The molecule has 0 atom stereocenters. The van der Waals surface area contributed by atoms with Gasteiger partial charge < -0.3 is 15.1 Å². The summed E-state index contributed by atoms with van der Waals surface area (Å²) in [5.41, 5.74) is -0.229. The number of carbonyl (C=O) groups is 2. The molecule has 108 valence electrons. The minimum Gasteiger partial charge on any atom is -0.478 e. The van der Waals surface area contributed by atoms with E-state index in [1.165, 1.54) is 36.4 Å². The second-order valence-electron chi connectivity index (χ2n) is 4.29. The molecule has 0 unspecified atom stereocenters. The zero-order chi connectivity index (χ0) is 15.6. The predicted octanol–water partition coefficient (Wildman–Crippen LogP) is 1.30. The average Bonchev–Trinajstić information content (AvgIpc) is 2.47. The highest BCUT2D eigenvalue weighted by Gasteiger charge is 2.26. The normalized spacial score (nSPS) is 11.1. The molecule has 0 aliphatic rings. The maximum atomic E-state index is 12.5. The van der Waals surface area contributed by atoms with Gasteiger partial charge in [0.25, 0.3) is 7.37 Å². The van der Waals surface area contributed by atoms with Crippen molar-refractivity contribution in [2.24, 2.45) is 0 Å². The molecule has 0 saturated heterocycles. The molecular weight excluding hydrogens is 295 g/mol. The van der Waals surface area contributed by atoms with E-state index in [0.717, 1.165) is 12.1 Å². The minimum atomic E-state index is -4.06. The van der Waals surface area contributed by atoms with Gasteiger partial charge in [-0.25, -0.2) is 9.59 Å². The second-order valence-corrected chi connectivity index (χ2v) is 6.47. The van der Waals surface area contributed by atoms with Crippen LogP contribution in [0.4, 0.5) is 0 Å². The van der Waals surface area contributed by atoms with Gasteiger partial charge in [-0.3, -0.25) is 4.57 Å². The molecule has 0 fully saturated rings. The standard InChI is InChI=1S/C14H11O6P/c15-13(16)9-3-1-5-11(7-9)21(19,20)12-6-2-4-10(8-12)14(17)18/h1-8H,(H,15,16)(H,17,18)(H,19,20).